The molecule has 21 heavy (non-hydrogen) atoms. The van der Waals surface area contributed by atoms with E-state index in [9.17, 15) is 8.42 Å². The Kier molecular flexibility index (Phi) is 5.49. The van der Waals surface area contributed by atoms with Gasteiger partial charge in [-0.25, -0.2) is 13.1 Å². The molecular formula is C14H20N4O2S. The molecule has 0 aliphatic carbocycles. The molecular weight excluding hydrogens is 288 g/mol. The van der Waals surface area contributed by atoms with Gasteiger partial charge in [0.15, 0.2) is 0 Å². The Morgan fingerprint density at radius 1 is 1.38 bits per heavy atom. The fourth-order valence-electron chi connectivity index (χ4n) is 1.89. The number of rotatable bonds is 8. The molecule has 2 aromatic rings. The summed E-state index contributed by atoms with van der Waals surface area (Å²) in [6.45, 7) is 3.81. The van der Waals surface area contributed by atoms with Crippen LogP contribution in [0.5, 0.6) is 0 Å². The van der Waals surface area contributed by atoms with Gasteiger partial charge < -0.3 is 10.3 Å². The summed E-state index contributed by atoms with van der Waals surface area (Å²) in [5.74, 6) is 0. The van der Waals surface area contributed by atoms with Gasteiger partial charge in [-0.15, -0.1) is 0 Å². The molecule has 114 valence electrons. The summed E-state index contributed by atoms with van der Waals surface area (Å²) in [5, 5.41) is 3.14. The van der Waals surface area contributed by atoms with Gasteiger partial charge in [0, 0.05) is 37.4 Å². The average molecular weight is 308 g/mol. The van der Waals surface area contributed by atoms with E-state index in [1.165, 1.54) is 6.20 Å². The summed E-state index contributed by atoms with van der Waals surface area (Å²) in [4.78, 5) is 7.23. The summed E-state index contributed by atoms with van der Waals surface area (Å²) in [7, 11) is -3.46. The molecule has 0 aliphatic rings. The van der Waals surface area contributed by atoms with Crippen molar-refractivity contribution in [2.75, 3.05) is 13.1 Å². The minimum Gasteiger partial charge on any atom is -0.363 e. The van der Waals surface area contributed by atoms with Crippen LogP contribution in [0.4, 0.5) is 0 Å². The van der Waals surface area contributed by atoms with E-state index < -0.39 is 10.0 Å². The van der Waals surface area contributed by atoms with E-state index in [2.05, 4.69) is 20.0 Å². The number of pyridine rings is 1. The fraction of sp³-hybridized carbons (Fsp3) is 0.357. The number of aromatic nitrogens is 2. The maximum absolute atomic E-state index is 12.1. The standard InChI is InChI=1S/C14H20N4O2S/c1-2-15-10-13-8-14(11-17-13)21(19,20)18-7-5-12-4-3-6-16-9-12/h3-4,6,8-9,11,15,17-18H,2,5,7,10H2,1H3. The van der Waals surface area contributed by atoms with Gasteiger partial charge in [-0.1, -0.05) is 13.0 Å². The van der Waals surface area contributed by atoms with E-state index in [1.54, 1.807) is 18.5 Å². The number of hydrogen-bond acceptors (Lipinski definition) is 4. The van der Waals surface area contributed by atoms with E-state index in [4.69, 9.17) is 0 Å². The van der Waals surface area contributed by atoms with Crippen molar-refractivity contribution in [1.29, 1.82) is 0 Å². The number of aromatic amines is 1. The van der Waals surface area contributed by atoms with Crippen LogP contribution >= 0.6 is 0 Å². The summed E-state index contributed by atoms with van der Waals surface area (Å²) in [6, 6.07) is 5.41. The SMILES string of the molecule is CCNCc1cc(S(=O)(=O)NCCc2cccnc2)c[nH]1. The molecule has 0 aromatic carbocycles. The second kappa shape index (κ2) is 7.35. The highest BCUT2D eigenvalue weighted by molar-refractivity contribution is 7.89. The Bertz CT molecular complexity index is 653. The zero-order valence-corrected chi connectivity index (χ0v) is 12.8. The highest BCUT2D eigenvalue weighted by Gasteiger charge is 2.15. The first-order valence-electron chi connectivity index (χ1n) is 6.88. The zero-order valence-electron chi connectivity index (χ0n) is 12.0. The molecule has 2 heterocycles. The number of nitrogens with zero attached hydrogens (tertiary/aromatic N) is 1. The van der Waals surface area contributed by atoms with Crippen LogP contribution in [0.25, 0.3) is 0 Å². The molecule has 0 saturated carbocycles. The molecule has 0 radical (unpaired) electrons. The van der Waals surface area contributed by atoms with Gasteiger partial charge >= 0.3 is 0 Å². The lowest BCUT2D eigenvalue weighted by Crippen LogP contribution is -2.25. The lowest BCUT2D eigenvalue weighted by atomic mass is 10.2. The third-order valence-electron chi connectivity index (χ3n) is 3.02. The molecule has 0 fully saturated rings. The molecule has 0 atom stereocenters. The molecule has 0 bridgehead atoms. The summed E-state index contributed by atoms with van der Waals surface area (Å²) >= 11 is 0. The lowest BCUT2D eigenvalue weighted by molar-refractivity contribution is 0.581. The van der Waals surface area contributed by atoms with Gasteiger partial charge in [-0.2, -0.15) is 0 Å². The van der Waals surface area contributed by atoms with Gasteiger partial charge in [0.25, 0.3) is 0 Å². The summed E-state index contributed by atoms with van der Waals surface area (Å²) < 4.78 is 26.9. The molecule has 7 heteroatoms. The predicted octanol–water partition coefficient (Wildman–Crippen LogP) is 1.04. The van der Waals surface area contributed by atoms with Gasteiger partial charge in [-0.05, 0) is 30.7 Å². The van der Waals surface area contributed by atoms with Crippen molar-refractivity contribution in [2.45, 2.75) is 24.8 Å². The summed E-state index contributed by atoms with van der Waals surface area (Å²) in [5.41, 5.74) is 1.85. The Balaban J connectivity index is 1.90. The number of nitrogens with one attached hydrogen (secondary N) is 3. The van der Waals surface area contributed by atoms with Gasteiger partial charge in [0.05, 0.1) is 4.90 Å². The van der Waals surface area contributed by atoms with Crippen molar-refractivity contribution in [1.82, 2.24) is 20.0 Å². The third-order valence-corrected chi connectivity index (χ3v) is 4.46. The smallest absolute Gasteiger partial charge is 0.242 e. The number of sulfonamides is 1. The van der Waals surface area contributed by atoms with Gasteiger partial charge in [0.1, 0.15) is 0 Å². The molecule has 0 spiro atoms. The molecule has 0 amide bonds. The van der Waals surface area contributed by atoms with Crippen LogP contribution in [0.2, 0.25) is 0 Å². The van der Waals surface area contributed by atoms with Crippen molar-refractivity contribution < 1.29 is 8.42 Å². The minimum atomic E-state index is -3.46. The molecule has 0 aliphatic heterocycles. The number of hydrogen-bond donors (Lipinski definition) is 3. The number of H-pyrrole nitrogens is 1. The third kappa shape index (κ3) is 4.66. The Labute approximate surface area is 125 Å². The first kappa shape index (κ1) is 15.7. The first-order valence-corrected chi connectivity index (χ1v) is 8.36. The molecule has 0 unspecified atom stereocenters. The summed E-state index contributed by atoms with van der Waals surface area (Å²) in [6.07, 6.45) is 5.55. The van der Waals surface area contributed by atoms with Crippen LogP contribution < -0.4 is 10.0 Å². The van der Waals surface area contributed by atoms with Crippen molar-refractivity contribution in [2.24, 2.45) is 0 Å². The van der Waals surface area contributed by atoms with Crippen molar-refractivity contribution in [3.05, 3.63) is 48.0 Å². The highest BCUT2D eigenvalue weighted by Crippen LogP contribution is 2.10. The fourth-order valence-corrected chi connectivity index (χ4v) is 2.94. The average Bonchev–Trinajstić information content (AvgIpc) is 2.96. The quantitative estimate of drug-likeness (QED) is 0.680. The van der Waals surface area contributed by atoms with Gasteiger partial charge in [0.2, 0.25) is 10.0 Å². The normalized spacial score (nSPS) is 11.7. The van der Waals surface area contributed by atoms with Crippen LogP contribution in [-0.4, -0.2) is 31.5 Å². The van der Waals surface area contributed by atoms with Crippen LogP contribution in [0, 0.1) is 0 Å². The molecule has 6 nitrogen and oxygen atoms in total. The topological polar surface area (TPSA) is 86.9 Å². The maximum atomic E-state index is 12.1. The lowest BCUT2D eigenvalue weighted by Gasteiger charge is -2.04. The Morgan fingerprint density at radius 3 is 2.95 bits per heavy atom. The molecule has 3 N–H and O–H groups in total. The van der Waals surface area contributed by atoms with Crippen LogP contribution in [0.1, 0.15) is 18.2 Å². The van der Waals surface area contributed by atoms with Crippen LogP contribution in [-0.2, 0) is 23.0 Å². The minimum absolute atomic E-state index is 0.265. The maximum Gasteiger partial charge on any atom is 0.242 e. The van der Waals surface area contributed by atoms with E-state index in [0.717, 1.165) is 17.8 Å². The molecule has 2 rings (SSSR count). The first-order chi connectivity index (χ1) is 10.1. The zero-order chi connectivity index (χ0) is 15.1. The van der Waals surface area contributed by atoms with Crippen LogP contribution in [0.3, 0.4) is 0 Å². The molecule has 2 aromatic heterocycles. The van der Waals surface area contributed by atoms with E-state index in [-0.39, 0.29) is 4.90 Å². The second-order valence-electron chi connectivity index (χ2n) is 4.65. The second-order valence-corrected chi connectivity index (χ2v) is 6.42. The van der Waals surface area contributed by atoms with E-state index in [0.29, 0.717) is 19.5 Å². The predicted molar refractivity (Wildman–Crippen MR) is 81.3 cm³/mol. The van der Waals surface area contributed by atoms with Crippen LogP contribution in [0.15, 0.2) is 41.7 Å². The van der Waals surface area contributed by atoms with Gasteiger partial charge in [-0.3, -0.25) is 4.98 Å². The van der Waals surface area contributed by atoms with Crippen molar-refractivity contribution in [3.8, 4) is 0 Å². The van der Waals surface area contributed by atoms with Crippen molar-refractivity contribution >= 4 is 10.0 Å². The largest absolute Gasteiger partial charge is 0.363 e. The highest BCUT2D eigenvalue weighted by atomic mass is 32.2. The monoisotopic (exact) mass is 308 g/mol. The van der Waals surface area contributed by atoms with E-state index >= 15 is 0 Å². The van der Waals surface area contributed by atoms with E-state index in [1.807, 2.05) is 19.1 Å². The Hall–Kier alpha value is -1.70. The van der Waals surface area contributed by atoms with Crippen molar-refractivity contribution in [3.63, 3.8) is 0 Å². The molecule has 0 saturated heterocycles. The Morgan fingerprint density at radius 2 is 2.24 bits per heavy atom.